The summed E-state index contributed by atoms with van der Waals surface area (Å²) < 4.78 is 0. The quantitative estimate of drug-likeness (QED) is 0.535. The molecule has 0 aliphatic rings. The van der Waals surface area contributed by atoms with Crippen LogP contribution in [0.25, 0.3) is 0 Å². The van der Waals surface area contributed by atoms with E-state index in [1.807, 2.05) is 0 Å². The van der Waals surface area contributed by atoms with Gasteiger partial charge in [0.15, 0.2) is 0 Å². The Labute approximate surface area is 79.0 Å². The maximum absolute atomic E-state index is 11.6. The molecule has 0 aliphatic heterocycles. The summed E-state index contributed by atoms with van der Waals surface area (Å²) in [7, 11) is 0. The molecule has 5 heteroatoms. The van der Waals surface area contributed by atoms with Gasteiger partial charge in [-0.3, -0.25) is 4.79 Å². The highest BCUT2D eigenvalue weighted by Crippen LogP contribution is 2.22. The highest BCUT2D eigenvalue weighted by Gasteiger charge is 2.18. The average Bonchev–Trinajstić information content (AvgIpc) is 2.73. The summed E-state index contributed by atoms with van der Waals surface area (Å²) in [5, 5.41) is 18.5. The van der Waals surface area contributed by atoms with Gasteiger partial charge in [-0.25, -0.2) is 0 Å². The molecule has 0 aliphatic carbocycles. The van der Waals surface area contributed by atoms with E-state index in [0.717, 1.165) is 0 Å². The van der Waals surface area contributed by atoms with Gasteiger partial charge in [-0.2, -0.15) is 0 Å². The number of carbonyl (C=O) groups excluding carboxylic acids is 1. The Morgan fingerprint density at radius 3 is 1.71 bits per heavy atom. The molecule has 0 spiro atoms. The van der Waals surface area contributed by atoms with Crippen molar-refractivity contribution >= 4 is 5.78 Å². The van der Waals surface area contributed by atoms with Crippen LogP contribution < -0.4 is 0 Å². The third-order valence-electron chi connectivity index (χ3n) is 1.90. The Balaban J connectivity index is 2.44. The Bertz CT molecular complexity index is 428. The Morgan fingerprint density at radius 2 is 1.43 bits per heavy atom. The van der Waals surface area contributed by atoms with Crippen LogP contribution in [-0.2, 0) is 0 Å². The average molecular weight is 192 g/mol. The summed E-state index contributed by atoms with van der Waals surface area (Å²) in [6, 6.07) is 2.74. The van der Waals surface area contributed by atoms with Gasteiger partial charge >= 0.3 is 0 Å². The minimum atomic E-state index is -0.477. The van der Waals surface area contributed by atoms with Gasteiger partial charge in [-0.15, -0.1) is 0 Å². The van der Waals surface area contributed by atoms with Crippen LogP contribution in [0.1, 0.15) is 16.2 Å². The van der Waals surface area contributed by atoms with E-state index in [9.17, 15) is 15.0 Å². The second-order valence-corrected chi connectivity index (χ2v) is 2.80. The lowest BCUT2D eigenvalue weighted by Crippen LogP contribution is -2.02. The number of aromatic amines is 2. The summed E-state index contributed by atoms with van der Waals surface area (Å²) in [5.74, 6) is -0.747. The first kappa shape index (κ1) is 8.43. The second-order valence-electron chi connectivity index (χ2n) is 2.80. The summed E-state index contributed by atoms with van der Waals surface area (Å²) in [4.78, 5) is 16.8. The van der Waals surface area contributed by atoms with Gasteiger partial charge in [-0.1, -0.05) is 0 Å². The Morgan fingerprint density at radius 1 is 1.00 bits per heavy atom. The van der Waals surface area contributed by atoms with Crippen LogP contribution >= 0.6 is 0 Å². The summed E-state index contributed by atoms with van der Waals surface area (Å²) in [6.45, 7) is 0. The molecule has 5 nitrogen and oxygen atoms in total. The molecule has 0 unspecified atom stereocenters. The first-order valence-corrected chi connectivity index (χ1v) is 3.97. The molecule has 0 saturated carbocycles. The predicted octanol–water partition coefficient (Wildman–Crippen LogP) is 0.985. The fourth-order valence-corrected chi connectivity index (χ4v) is 1.21. The van der Waals surface area contributed by atoms with Crippen molar-refractivity contribution in [2.75, 3.05) is 0 Å². The highest BCUT2D eigenvalue weighted by molar-refractivity contribution is 6.09. The molecular weight excluding hydrogens is 184 g/mol. The first-order valence-electron chi connectivity index (χ1n) is 3.97. The third-order valence-corrected chi connectivity index (χ3v) is 1.90. The zero-order valence-corrected chi connectivity index (χ0v) is 7.11. The van der Waals surface area contributed by atoms with Crippen molar-refractivity contribution in [1.82, 2.24) is 9.97 Å². The summed E-state index contributed by atoms with van der Waals surface area (Å²) in [6.07, 6.45) is 2.89. The topological polar surface area (TPSA) is 89.1 Å². The van der Waals surface area contributed by atoms with E-state index in [4.69, 9.17) is 0 Å². The maximum atomic E-state index is 11.6. The number of carbonyl (C=O) groups is 1. The molecule has 2 aromatic rings. The molecule has 14 heavy (non-hydrogen) atoms. The Kier molecular flexibility index (Phi) is 1.78. The lowest BCUT2D eigenvalue weighted by atomic mass is 10.2. The predicted molar refractivity (Wildman–Crippen MR) is 48.3 cm³/mol. The van der Waals surface area contributed by atoms with Crippen LogP contribution in [0.2, 0.25) is 0 Å². The third kappa shape index (κ3) is 1.15. The monoisotopic (exact) mass is 192 g/mol. The molecule has 0 atom stereocenters. The molecule has 2 rings (SSSR count). The number of H-pyrrole nitrogens is 2. The van der Waals surface area contributed by atoms with Crippen molar-refractivity contribution in [3.8, 4) is 11.5 Å². The number of rotatable bonds is 2. The number of hydrogen-bond acceptors (Lipinski definition) is 3. The molecule has 0 saturated heterocycles. The van der Waals surface area contributed by atoms with Crippen molar-refractivity contribution in [3.05, 3.63) is 35.9 Å². The normalized spacial score (nSPS) is 10.3. The lowest BCUT2D eigenvalue weighted by Gasteiger charge is -1.97. The number of aromatic nitrogens is 2. The molecule has 0 fully saturated rings. The van der Waals surface area contributed by atoms with E-state index < -0.39 is 5.78 Å². The molecule has 0 aromatic carbocycles. The second kappa shape index (κ2) is 2.95. The van der Waals surface area contributed by atoms with Gasteiger partial charge in [0.25, 0.3) is 0 Å². The smallest absolute Gasteiger partial charge is 0.232 e. The van der Waals surface area contributed by atoms with Crippen molar-refractivity contribution in [3.63, 3.8) is 0 Å². The standard InChI is InChI=1S/C9H8N2O3/c12-5-1-3-10-7(5)9(14)8-6(13)2-4-11-8/h1-4,10-13H. The molecule has 0 bridgehead atoms. The van der Waals surface area contributed by atoms with Crippen molar-refractivity contribution < 1.29 is 15.0 Å². The van der Waals surface area contributed by atoms with Crippen LogP contribution in [0, 0.1) is 0 Å². The van der Waals surface area contributed by atoms with E-state index >= 15 is 0 Å². The van der Waals surface area contributed by atoms with E-state index in [2.05, 4.69) is 9.97 Å². The molecule has 4 N–H and O–H groups in total. The van der Waals surface area contributed by atoms with Gasteiger partial charge in [0, 0.05) is 12.4 Å². The fourth-order valence-electron chi connectivity index (χ4n) is 1.21. The molecular formula is C9H8N2O3. The van der Waals surface area contributed by atoms with Gasteiger partial charge in [0.1, 0.15) is 22.9 Å². The highest BCUT2D eigenvalue weighted by atomic mass is 16.3. The van der Waals surface area contributed by atoms with Crippen molar-refractivity contribution in [2.45, 2.75) is 0 Å². The molecule has 0 amide bonds. The minimum absolute atomic E-state index is 0.0581. The molecule has 0 radical (unpaired) electrons. The van der Waals surface area contributed by atoms with Crippen molar-refractivity contribution in [2.24, 2.45) is 0 Å². The number of hydrogen-bond donors (Lipinski definition) is 4. The largest absolute Gasteiger partial charge is 0.506 e. The van der Waals surface area contributed by atoms with E-state index in [1.165, 1.54) is 24.5 Å². The van der Waals surface area contributed by atoms with Gasteiger partial charge in [0.2, 0.25) is 5.78 Å². The first-order chi connectivity index (χ1) is 6.70. The van der Waals surface area contributed by atoms with E-state index in [0.29, 0.717) is 0 Å². The maximum Gasteiger partial charge on any atom is 0.232 e. The van der Waals surface area contributed by atoms with Crippen LogP contribution in [0.15, 0.2) is 24.5 Å². The van der Waals surface area contributed by atoms with Crippen molar-refractivity contribution in [1.29, 1.82) is 0 Å². The number of nitrogens with one attached hydrogen (secondary N) is 2. The number of ketones is 1. The van der Waals surface area contributed by atoms with Gasteiger partial charge < -0.3 is 20.2 Å². The van der Waals surface area contributed by atoms with E-state index in [1.54, 1.807) is 0 Å². The van der Waals surface area contributed by atoms with Crippen LogP contribution in [0.5, 0.6) is 11.5 Å². The van der Waals surface area contributed by atoms with Gasteiger partial charge in [0.05, 0.1) is 0 Å². The number of aromatic hydroxyl groups is 2. The van der Waals surface area contributed by atoms with Crippen LogP contribution in [0.4, 0.5) is 0 Å². The summed E-state index contributed by atoms with van der Waals surface area (Å²) in [5.41, 5.74) is 0.116. The fraction of sp³-hybridized carbons (Fsp3) is 0. The van der Waals surface area contributed by atoms with E-state index in [-0.39, 0.29) is 22.9 Å². The SMILES string of the molecule is O=C(c1[nH]ccc1O)c1[nH]ccc1O. The lowest BCUT2D eigenvalue weighted by molar-refractivity contribution is 0.102. The summed E-state index contributed by atoms with van der Waals surface area (Å²) >= 11 is 0. The molecule has 2 heterocycles. The molecule has 2 aromatic heterocycles. The minimum Gasteiger partial charge on any atom is -0.506 e. The zero-order chi connectivity index (χ0) is 10.1. The molecule has 72 valence electrons. The zero-order valence-electron chi connectivity index (χ0n) is 7.11. The van der Waals surface area contributed by atoms with Crippen LogP contribution in [-0.4, -0.2) is 26.0 Å². The Hall–Kier alpha value is -2.17. The van der Waals surface area contributed by atoms with Crippen LogP contribution in [0.3, 0.4) is 0 Å². The van der Waals surface area contributed by atoms with Gasteiger partial charge in [-0.05, 0) is 12.1 Å².